The van der Waals surface area contributed by atoms with Gasteiger partial charge in [-0.05, 0) is 75.9 Å². The minimum atomic E-state index is -0.950. The molecule has 0 unspecified atom stereocenters. The Balaban J connectivity index is 0.000000201. The molecule has 0 fully saturated rings. The first-order valence-corrected chi connectivity index (χ1v) is 14.2. The number of carbonyl (C=O) groups is 1. The summed E-state index contributed by atoms with van der Waals surface area (Å²) in [5.41, 5.74) is 19.4. The molecule has 0 aliphatic rings. The van der Waals surface area contributed by atoms with Gasteiger partial charge in [-0.25, -0.2) is 14.8 Å². The van der Waals surface area contributed by atoms with Crippen molar-refractivity contribution < 1.29 is 23.7 Å². The van der Waals surface area contributed by atoms with Crippen LogP contribution in [0, 0.1) is 27.7 Å². The number of anilines is 2. The fraction of sp³-hybridized carbons (Fsp3) is 0.344. The lowest BCUT2D eigenvalue weighted by Gasteiger charge is -2.26. The Morgan fingerprint density at radius 3 is 1.76 bits per heavy atom. The summed E-state index contributed by atoms with van der Waals surface area (Å²) in [5, 5.41) is 19.0. The monoisotopic (exact) mass is 616 g/mol. The highest BCUT2D eigenvalue weighted by molar-refractivity contribution is 6.04. The van der Waals surface area contributed by atoms with Crippen molar-refractivity contribution in [3.63, 3.8) is 0 Å². The van der Waals surface area contributed by atoms with Gasteiger partial charge < -0.3 is 40.3 Å². The third kappa shape index (κ3) is 5.86. The van der Waals surface area contributed by atoms with Crippen LogP contribution in [-0.2, 0) is 10.3 Å². The highest BCUT2D eigenvalue weighted by atomic mass is 16.5. The number of ether oxygens (including phenoxy) is 1. The summed E-state index contributed by atoms with van der Waals surface area (Å²) in [4.78, 5) is 26.5. The fourth-order valence-corrected chi connectivity index (χ4v) is 5.60. The first kappa shape index (κ1) is 32.7. The third-order valence-electron chi connectivity index (χ3n) is 7.93. The second-order valence-corrected chi connectivity index (χ2v) is 10.7. The molecule has 0 amide bonds. The van der Waals surface area contributed by atoms with Crippen molar-refractivity contribution in [1.29, 1.82) is 0 Å². The number of benzene rings is 2. The predicted octanol–water partition coefficient (Wildman–Crippen LogP) is 6.26. The SMILES string of the molecule is C.CCC(O)(CC)c1cc(-c2c(C)noc2C)cc2[nH]c(N)nc12.COC(=O)c1cc(-c2c(C)noc2C)cc2[nH]c(N)nc12. The van der Waals surface area contributed by atoms with Gasteiger partial charge in [-0.15, -0.1) is 0 Å². The number of rotatable bonds is 6. The number of nitrogen functional groups attached to an aromatic ring is 2. The summed E-state index contributed by atoms with van der Waals surface area (Å²) in [6.07, 6.45) is 1.19. The van der Waals surface area contributed by atoms with E-state index in [2.05, 4.69) is 30.2 Å². The van der Waals surface area contributed by atoms with Gasteiger partial charge in [0.05, 0.1) is 46.2 Å². The van der Waals surface area contributed by atoms with Gasteiger partial charge in [-0.1, -0.05) is 31.6 Å². The van der Waals surface area contributed by atoms with E-state index in [-0.39, 0.29) is 13.4 Å². The van der Waals surface area contributed by atoms with E-state index in [1.54, 1.807) is 6.07 Å². The van der Waals surface area contributed by atoms with Gasteiger partial charge in [0, 0.05) is 16.7 Å². The number of aromatic amines is 2. The molecule has 4 aromatic heterocycles. The molecule has 6 rings (SSSR count). The third-order valence-corrected chi connectivity index (χ3v) is 7.93. The van der Waals surface area contributed by atoms with Crippen LogP contribution in [0.1, 0.15) is 72.9 Å². The summed E-state index contributed by atoms with van der Waals surface area (Å²) < 4.78 is 15.3. The molecular weight excluding hydrogens is 576 g/mol. The number of hydrogen-bond acceptors (Lipinski definition) is 11. The van der Waals surface area contributed by atoms with Crippen molar-refractivity contribution in [2.45, 2.75) is 67.4 Å². The Hall–Kier alpha value is -5.17. The highest BCUT2D eigenvalue weighted by Gasteiger charge is 2.30. The zero-order chi connectivity index (χ0) is 31.9. The van der Waals surface area contributed by atoms with E-state index >= 15 is 0 Å². The summed E-state index contributed by atoms with van der Waals surface area (Å²) >= 11 is 0. The lowest BCUT2D eigenvalue weighted by atomic mass is 9.85. The average Bonchev–Trinajstić information content (AvgIpc) is 3.75. The number of fused-ring (bicyclic) bond motifs is 2. The number of aromatic nitrogens is 6. The fourth-order valence-electron chi connectivity index (χ4n) is 5.60. The first-order chi connectivity index (χ1) is 20.9. The molecule has 0 atom stereocenters. The maximum atomic E-state index is 12.0. The number of aliphatic hydroxyl groups is 1. The predicted molar refractivity (Wildman–Crippen MR) is 174 cm³/mol. The van der Waals surface area contributed by atoms with Crippen LogP contribution in [0.3, 0.4) is 0 Å². The molecule has 6 aromatic rings. The summed E-state index contributed by atoms with van der Waals surface area (Å²) in [5.74, 6) is 1.53. The van der Waals surface area contributed by atoms with Crippen molar-refractivity contribution in [3.8, 4) is 22.3 Å². The molecule has 13 heteroatoms. The summed E-state index contributed by atoms with van der Waals surface area (Å²) in [6.45, 7) is 11.4. The summed E-state index contributed by atoms with van der Waals surface area (Å²) in [7, 11) is 1.33. The number of aryl methyl sites for hydroxylation is 4. The zero-order valence-electron chi connectivity index (χ0n) is 25.7. The smallest absolute Gasteiger partial charge is 0.340 e. The standard InChI is InChI=1S/C17H22N4O2.C14H14N4O3.CH4/c1-5-17(22,6-2)12-7-11(14-9(3)21-23-10(14)4)8-13-15(12)20-16(18)19-13;1-6-11(7(2)21-18-6)8-4-9(13(19)20-3)12-10(5-8)16-14(15)17-12;/h7-8,22H,5-6H2,1-4H3,(H3,18,19,20);4-5H,1-3H3,(H3,15,16,17);1H4. The Kier molecular flexibility index (Phi) is 9.05. The van der Waals surface area contributed by atoms with Gasteiger partial charge in [0.25, 0.3) is 0 Å². The number of imidazole rings is 2. The molecule has 0 saturated heterocycles. The largest absolute Gasteiger partial charge is 0.465 e. The molecule has 45 heavy (non-hydrogen) atoms. The molecule has 13 nitrogen and oxygen atoms in total. The van der Waals surface area contributed by atoms with E-state index in [0.717, 1.165) is 50.5 Å². The minimum Gasteiger partial charge on any atom is -0.465 e. The van der Waals surface area contributed by atoms with Crippen LogP contribution < -0.4 is 11.5 Å². The van der Waals surface area contributed by atoms with E-state index in [0.29, 0.717) is 46.7 Å². The second-order valence-electron chi connectivity index (χ2n) is 10.7. The Morgan fingerprint density at radius 1 is 0.844 bits per heavy atom. The van der Waals surface area contributed by atoms with Crippen LogP contribution in [0.2, 0.25) is 0 Å². The molecular formula is C32H40N8O5. The van der Waals surface area contributed by atoms with Crippen molar-refractivity contribution in [1.82, 2.24) is 30.2 Å². The van der Waals surface area contributed by atoms with Gasteiger partial charge in [0.2, 0.25) is 0 Å². The van der Waals surface area contributed by atoms with Gasteiger partial charge in [-0.2, -0.15) is 0 Å². The maximum Gasteiger partial charge on any atom is 0.340 e. The van der Waals surface area contributed by atoms with E-state index in [9.17, 15) is 9.90 Å². The lowest BCUT2D eigenvalue weighted by molar-refractivity contribution is 0.0297. The van der Waals surface area contributed by atoms with Crippen LogP contribution in [0.25, 0.3) is 44.3 Å². The molecule has 4 heterocycles. The van der Waals surface area contributed by atoms with Crippen molar-refractivity contribution in [2.75, 3.05) is 18.6 Å². The zero-order valence-corrected chi connectivity index (χ0v) is 25.7. The Morgan fingerprint density at radius 2 is 1.31 bits per heavy atom. The number of nitrogens with two attached hydrogens (primary N) is 2. The molecule has 0 saturated carbocycles. The number of nitrogens with zero attached hydrogens (tertiary/aromatic N) is 4. The average molecular weight is 617 g/mol. The van der Waals surface area contributed by atoms with E-state index in [4.69, 9.17) is 25.3 Å². The molecule has 7 N–H and O–H groups in total. The Bertz CT molecular complexity index is 1950. The quantitative estimate of drug-likeness (QED) is 0.132. The van der Waals surface area contributed by atoms with Gasteiger partial charge in [0.1, 0.15) is 17.0 Å². The molecule has 0 aliphatic carbocycles. The first-order valence-electron chi connectivity index (χ1n) is 14.2. The normalized spacial score (nSPS) is 11.4. The number of esters is 1. The van der Waals surface area contributed by atoms with Gasteiger partial charge in [0.15, 0.2) is 11.9 Å². The number of carbonyl (C=O) groups excluding carboxylic acids is 1. The molecule has 0 aliphatic heterocycles. The van der Waals surface area contributed by atoms with Crippen molar-refractivity contribution in [2.24, 2.45) is 0 Å². The van der Waals surface area contributed by atoms with Crippen LogP contribution in [0.5, 0.6) is 0 Å². The topological polar surface area (TPSA) is 208 Å². The number of hydrogen-bond donors (Lipinski definition) is 5. The minimum absolute atomic E-state index is 0. The van der Waals surface area contributed by atoms with Crippen LogP contribution in [0.15, 0.2) is 33.3 Å². The van der Waals surface area contributed by atoms with E-state index in [1.165, 1.54) is 7.11 Å². The second kappa shape index (κ2) is 12.4. The molecule has 2 aromatic carbocycles. The molecule has 238 valence electrons. The lowest BCUT2D eigenvalue weighted by Crippen LogP contribution is -2.24. The van der Waals surface area contributed by atoms with Crippen LogP contribution in [-0.4, -0.2) is 48.4 Å². The van der Waals surface area contributed by atoms with E-state index in [1.807, 2.05) is 59.7 Å². The van der Waals surface area contributed by atoms with Crippen molar-refractivity contribution in [3.05, 3.63) is 58.3 Å². The summed E-state index contributed by atoms with van der Waals surface area (Å²) in [6, 6.07) is 7.52. The van der Waals surface area contributed by atoms with Crippen molar-refractivity contribution >= 4 is 39.9 Å². The van der Waals surface area contributed by atoms with Gasteiger partial charge >= 0.3 is 5.97 Å². The molecule has 0 radical (unpaired) electrons. The maximum absolute atomic E-state index is 12.0. The number of methoxy groups -OCH3 is 1. The highest BCUT2D eigenvalue weighted by Crippen LogP contribution is 2.38. The van der Waals surface area contributed by atoms with Crippen LogP contribution in [0.4, 0.5) is 11.9 Å². The van der Waals surface area contributed by atoms with Crippen LogP contribution >= 0.6 is 0 Å². The molecule has 0 spiro atoms. The molecule has 0 bridgehead atoms. The van der Waals surface area contributed by atoms with Gasteiger partial charge in [-0.3, -0.25) is 0 Å². The number of nitrogens with one attached hydrogen (secondary N) is 2. The Labute approximate surface area is 260 Å². The van der Waals surface area contributed by atoms with E-state index < -0.39 is 11.6 Å². The number of H-pyrrole nitrogens is 2.